The number of nitro groups is 1. The highest BCUT2D eigenvalue weighted by Crippen LogP contribution is 2.32. The summed E-state index contributed by atoms with van der Waals surface area (Å²) in [6.07, 6.45) is 6.37. The molecule has 0 atom stereocenters. The standard InChI is InChI=1S/C23H23N5O5/c24-20(29)14-33-21-16(9-6-12-19(21)28(31)32)13-25-27-22(15-7-2-1-3-8-15)26-18-11-5-4-10-17(18)23(27)30/h4-6,9-13,15H,1-3,7-8,14H2,(H2,24,29). The van der Waals surface area contributed by atoms with E-state index in [0.717, 1.165) is 32.1 Å². The third-order valence-corrected chi connectivity index (χ3v) is 5.64. The number of rotatable bonds is 7. The molecule has 170 valence electrons. The molecule has 0 bridgehead atoms. The molecule has 0 radical (unpaired) electrons. The first-order chi connectivity index (χ1) is 16.0. The van der Waals surface area contributed by atoms with Gasteiger partial charge in [0, 0.05) is 17.5 Å². The lowest BCUT2D eigenvalue weighted by atomic mass is 9.88. The van der Waals surface area contributed by atoms with E-state index < -0.39 is 17.4 Å². The zero-order chi connectivity index (χ0) is 23.4. The summed E-state index contributed by atoms with van der Waals surface area (Å²) in [5.41, 5.74) is 5.33. The first-order valence-corrected chi connectivity index (χ1v) is 10.7. The molecule has 10 nitrogen and oxygen atoms in total. The summed E-state index contributed by atoms with van der Waals surface area (Å²) in [6, 6.07) is 11.4. The maximum atomic E-state index is 13.3. The molecule has 3 aromatic rings. The van der Waals surface area contributed by atoms with Crippen LogP contribution in [0.4, 0.5) is 5.69 Å². The van der Waals surface area contributed by atoms with Gasteiger partial charge in [-0.1, -0.05) is 37.5 Å². The van der Waals surface area contributed by atoms with Gasteiger partial charge in [-0.05, 0) is 31.0 Å². The van der Waals surface area contributed by atoms with Crippen molar-refractivity contribution in [1.82, 2.24) is 9.66 Å². The van der Waals surface area contributed by atoms with Crippen LogP contribution in [0, 0.1) is 10.1 Å². The number of carbonyl (C=O) groups excluding carboxylic acids is 1. The first-order valence-electron chi connectivity index (χ1n) is 10.7. The minimum atomic E-state index is -0.773. The van der Waals surface area contributed by atoms with E-state index in [9.17, 15) is 19.7 Å². The summed E-state index contributed by atoms with van der Waals surface area (Å²) in [6.45, 7) is -0.531. The van der Waals surface area contributed by atoms with Crippen molar-refractivity contribution < 1.29 is 14.5 Å². The number of benzene rings is 2. The number of hydrogen-bond donors (Lipinski definition) is 1. The molecule has 1 amide bonds. The average Bonchev–Trinajstić information content (AvgIpc) is 2.82. The lowest BCUT2D eigenvalue weighted by Crippen LogP contribution is -2.25. The minimum absolute atomic E-state index is 0.0869. The fraction of sp³-hybridized carbons (Fsp3) is 0.304. The molecular formula is C23H23N5O5. The van der Waals surface area contributed by atoms with E-state index in [4.69, 9.17) is 15.5 Å². The molecule has 1 heterocycles. The van der Waals surface area contributed by atoms with Crippen LogP contribution in [0.1, 0.15) is 49.4 Å². The van der Waals surface area contributed by atoms with Crippen molar-refractivity contribution in [2.45, 2.75) is 38.0 Å². The Kier molecular flexibility index (Phi) is 6.43. The normalized spacial score (nSPS) is 14.5. The fourth-order valence-corrected chi connectivity index (χ4v) is 4.09. The summed E-state index contributed by atoms with van der Waals surface area (Å²) in [7, 11) is 0. The molecule has 1 fully saturated rings. The number of nitrogens with zero attached hydrogens (tertiary/aromatic N) is 4. The predicted molar refractivity (Wildman–Crippen MR) is 123 cm³/mol. The van der Waals surface area contributed by atoms with Gasteiger partial charge in [-0.25, -0.2) is 4.98 Å². The van der Waals surface area contributed by atoms with Gasteiger partial charge in [0.05, 0.1) is 22.0 Å². The minimum Gasteiger partial charge on any atom is -0.476 e. The summed E-state index contributed by atoms with van der Waals surface area (Å²) in [5.74, 6) is -0.264. The van der Waals surface area contributed by atoms with Gasteiger partial charge in [-0.3, -0.25) is 19.7 Å². The van der Waals surface area contributed by atoms with Gasteiger partial charge in [0.2, 0.25) is 5.75 Å². The second-order valence-corrected chi connectivity index (χ2v) is 7.89. The monoisotopic (exact) mass is 449 g/mol. The van der Waals surface area contributed by atoms with Crippen LogP contribution >= 0.6 is 0 Å². The smallest absolute Gasteiger partial charge is 0.311 e. The van der Waals surface area contributed by atoms with Gasteiger partial charge in [0.15, 0.2) is 6.61 Å². The highest BCUT2D eigenvalue weighted by Gasteiger charge is 2.23. The summed E-state index contributed by atoms with van der Waals surface area (Å²) < 4.78 is 6.59. The zero-order valence-corrected chi connectivity index (χ0v) is 17.8. The van der Waals surface area contributed by atoms with Gasteiger partial charge >= 0.3 is 5.69 Å². The molecular weight excluding hydrogens is 426 g/mol. The third-order valence-electron chi connectivity index (χ3n) is 5.64. The molecule has 4 rings (SSSR count). The van der Waals surface area contributed by atoms with E-state index in [0.29, 0.717) is 16.7 Å². The Morgan fingerprint density at radius 3 is 2.70 bits per heavy atom. The van der Waals surface area contributed by atoms with Crippen LogP contribution in [-0.2, 0) is 4.79 Å². The van der Waals surface area contributed by atoms with E-state index in [1.165, 1.54) is 23.0 Å². The van der Waals surface area contributed by atoms with Crippen LogP contribution in [0.3, 0.4) is 0 Å². The largest absolute Gasteiger partial charge is 0.476 e. The van der Waals surface area contributed by atoms with Crippen molar-refractivity contribution in [1.29, 1.82) is 0 Å². The summed E-state index contributed by atoms with van der Waals surface area (Å²) in [4.78, 5) is 40.1. The molecule has 10 heteroatoms. The number of primary amides is 1. The van der Waals surface area contributed by atoms with Gasteiger partial charge in [0.25, 0.3) is 11.5 Å². The number of para-hydroxylation sites is 2. The topological polar surface area (TPSA) is 143 Å². The molecule has 0 aliphatic heterocycles. The second-order valence-electron chi connectivity index (χ2n) is 7.89. The van der Waals surface area contributed by atoms with Crippen molar-refractivity contribution >= 4 is 28.7 Å². The Morgan fingerprint density at radius 2 is 1.97 bits per heavy atom. The predicted octanol–water partition coefficient (Wildman–Crippen LogP) is 3.10. The van der Waals surface area contributed by atoms with E-state index in [-0.39, 0.29) is 28.5 Å². The number of amides is 1. The van der Waals surface area contributed by atoms with Gasteiger partial charge in [-0.15, -0.1) is 0 Å². The lowest BCUT2D eigenvalue weighted by molar-refractivity contribution is -0.385. The maximum Gasteiger partial charge on any atom is 0.311 e. The Hall–Kier alpha value is -4.08. The van der Waals surface area contributed by atoms with Crippen LogP contribution in [0.25, 0.3) is 10.9 Å². The van der Waals surface area contributed by atoms with Gasteiger partial charge < -0.3 is 10.5 Å². The molecule has 33 heavy (non-hydrogen) atoms. The van der Waals surface area contributed by atoms with Crippen molar-refractivity contribution in [2.75, 3.05) is 6.61 Å². The maximum absolute atomic E-state index is 13.3. The summed E-state index contributed by atoms with van der Waals surface area (Å²) >= 11 is 0. The molecule has 1 saturated carbocycles. The number of carbonyl (C=O) groups is 1. The zero-order valence-electron chi connectivity index (χ0n) is 17.8. The Labute approximate surface area is 188 Å². The number of hydrogen-bond acceptors (Lipinski definition) is 7. The molecule has 0 spiro atoms. The highest BCUT2D eigenvalue weighted by molar-refractivity contribution is 5.86. The van der Waals surface area contributed by atoms with Crippen LogP contribution in [-0.4, -0.2) is 33.3 Å². The Morgan fingerprint density at radius 1 is 1.21 bits per heavy atom. The number of ether oxygens (including phenoxy) is 1. The molecule has 1 aliphatic rings. The number of nitro benzene ring substituents is 1. The summed E-state index contributed by atoms with van der Waals surface area (Å²) in [5, 5.41) is 16.3. The number of nitrogens with two attached hydrogens (primary N) is 1. The first kappa shape index (κ1) is 22.1. The van der Waals surface area contributed by atoms with Crippen molar-refractivity contribution in [3.63, 3.8) is 0 Å². The van der Waals surface area contributed by atoms with Crippen molar-refractivity contribution in [2.24, 2.45) is 10.8 Å². The average molecular weight is 449 g/mol. The molecule has 1 aromatic heterocycles. The molecule has 2 N–H and O–H groups in total. The van der Waals surface area contributed by atoms with E-state index >= 15 is 0 Å². The van der Waals surface area contributed by atoms with Crippen LogP contribution in [0.5, 0.6) is 5.75 Å². The third kappa shape index (κ3) is 4.74. The van der Waals surface area contributed by atoms with Crippen LogP contribution < -0.4 is 16.0 Å². The molecule has 2 aromatic carbocycles. The van der Waals surface area contributed by atoms with E-state index in [1.807, 2.05) is 6.07 Å². The second kappa shape index (κ2) is 9.60. The highest BCUT2D eigenvalue weighted by atomic mass is 16.6. The number of fused-ring (bicyclic) bond motifs is 1. The van der Waals surface area contributed by atoms with Gasteiger partial charge in [0.1, 0.15) is 5.82 Å². The van der Waals surface area contributed by atoms with Crippen LogP contribution in [0.2, 0.25) is 0 Å². The van der Waals surface area contributed by atoms with E-state index in [1.54, 1.807) is 24.3 Å². The van der Waals surface area contributed by atoms with Crippen LogP contribution in [0.15, 0.2) is 52.4 Å². The molecule has 1 aliphatic carbocycles. The molecule has 0 unspecified atom stereocenters. The van der Waals surface area contributed by atoms with Crippen molar-refractivity contribution in [3.8, 4) is 5.75 Å². The quantitative estimate of drug-likeness (QED) is 0.333. The van der Waals surface area contributed by atoms with Gasteiger partial charge in [-0.2, -0.15) is 9.78 Å². The van der Waals surface area contributed by atoms with Crippen molar-refractivity contribution in [3.05, 3.63) is 74.3 Å². The SMILES string of the molecule is NC(=O)COc1c(C=Nn2c(C3CCCCC3)nc3ccccc3c2=O)cccc1[N+](=O)[O-]. The molecule has 0 saturated heterocycles. The van der Waals surface area contributed by atoms with E-state index in [2.05, 4.69) is 5.10 Å². The Balaban J connectivity index is 1.83. The Bertz CT molecular complexity index is 1290. The number of aromatic nitrogens is 2. The fourth-order valence-electron chi connectivity index (χ4n) is 4.09. The lowest BCUT2D eigenvalue weighted by Gasteiger charge is -2.22.